The highest BCUT2D eigenvalue weighted by Gasteiger charge is 2.32. The summed E-state index contributed by atoms with van der Waals surface area (Å²) >= 11 is 0. The van der Waals surface area contributed by atoms with Crippen LogP contribution in [0.15, 0.2) is 65.5 Å². The van der Waals surface area contributed by atoms with Gasteiger partial charge in [-0.3, -0.25) is 14.4 Å². The van der Waals surface area contributed by atoms with Crippen LogP contribution in [0.3, 0.4) is 0 Å². The average Bonchev–Trinajstić information content (AvgIpc) is 3.73. The smallest absolute Gasteiger partial charge is 0.416 e. The van der Waals surface area contributed by atoms with E-state index < -0.39 is 35.8 Å². The van der Waals surface area contributed by atoms with Gasteiger partial charge in [0.15, 0.2) is 11.4 Å². The molecule has 2 fully saturated rings. The summed E-state index contributed by atoms with van der Waals surface area (Å²) in [6.07, 6.45) is 7.31. The van der Waals surface area contributed by atoms with Crippen molar-refractivity contribution < 1.29 is 41.8 Å². The van der Waals surface area contributed by atoms with Crippen LogP contribution in [-0.2, 0) is 20.8 Å². The number of nitrogens with one attached hydrogen (secondary N) is 2. The SMILES string of the molecule is CN(CCCOCCCNC(=O)OCc1ccccc1)CC1CCC(n2cc(NC(=O)c3coc(-c4ccnc(N(CC5CC5)C(=O)OC(C)(C)C)c4)n3)c(C(F)F)n2)CC1. The monoisotopic (exact) mass is 848 g/mol. The van der Waals surface area contributed by atoms with E-state index in [-0.39, 0.29) is 29.9 Å². The normalized spacial score (nSPS) is 16.7. The van der Waals surface area contributed by atoms with Crippen molar-refractivity contribution in [3.8, 4) is 11.5 Å². The summed E-state index contributed by atoms with van der Waals surface area (Å²) in [7, 11) is 2.09. The molecule has 0 saturated heterocycles. The van der Waals surface area contributed by atoms with Crippen molar-refractivity contribution >= 4 is 29.6 Å². The number of anilines is 2. The number of rotatable bonds is 20. The minimum absolute atomic E-state index is 0.0713. The van der Waals surface area contributed by atoms with Crippen LogP contribution in [-0.4, -0.2) is 94.8 Å². The van der Waals surface area contributed by atoms with E-state index in [4.69, 9.17) is 18.6 Å². The molecule has 0 spiro atoms. The number of carbonyl (C=O) groups excluding carboxylic acids is 3. The van der Waals surface area contributed by atoms with Crippen LogP contribution >= 0.6 is 0 Å². The third-order valence-electron chi connectivity index (χ3n) is 10.5. The Bertz CT molecular complexity index is 2030. The molecule has 3 amide bonds. The van der Waals surface area contributed by atoms with E-state index in [2.05, 4.69) is 37.6 Å². The molecule has 0 bridgehead atoms. The van der Waals surface area contributed by atoms with Crippen molar-refractivity contribution in [3.63, 3.8) is 0 Å². The molecule has 0 aliphatic heterocycles. The van der Waals surface area contributed by atoms with E-state index in [0.717, 1.165) is 69.9 Å². The molecule has 3 heterocycles. The zero-order chi connectivity index (χ0) is 43.4. The maximum absolute atomic E-state index is 14.2. The number of benzene rings is 1. The second-order valence-electron chi connectivity index (χ2n) is 16.9. The molecular weight excluding hydrogens is 791 g/mol. The molecule has 17 heteroatoms. The number of pyridine rings is 1. The van der Waals surface area contributed by atoms with E-state index in [0.29, 0.717) is 55.9 Å². The third-order valence-corrected chi connectivity index (χ3v) is 10.5. The number of hydrogen-bond donors (Lipinski definition) is 2. The van der Waals surface area contributed by atoms with Gasteiger partial charge in [-0.2, -0.15) is 5.10 Å². The van der Waals surface area contributed by atoms with Gasteiger partial charge in [-0.05, 0) is 109 Å². The first-order valence-electron chi connectivity index (χ1n) is 21.1. The Hall–Kier alpha value is -5.42. The number of halogens is 2. The highest BCUT2D eigenvalue weighted by Crippen LogP contribution is 2.36. The average molecular weight is 849 g/mol. The molecular formula is C44H58F2N8O7. The molecule has 15 nitrogen and oxygen atoms in total. The number of aromatic nitrogens is 4. The Morgan fingerprint density at radius 3 is 2.43 bits per heavy atom. The number of carbonyl (C=O) groups is 3. The molecule has 0 radical (unpaired) electrons. The van der Waals surface area contributed by atoms with E-state index in [9.17, 15) is 23.2 Å². The fourth-order valence-electron chi connectivity index (χ4n) is 7.18. The third kappa shape index (κ3) is 14.1. The first kappa shape index (κ1) is 45.1. The first-order valence-corrected chi connectivity index (χ1v) is 21.1. The molecule has 61 heavy (non-hydrogen) atoms. The fraction of sp³-hybridized carbons (Fsp3) is 0.545. The van der Waals surface area contributed by atoms with Gasteiger partial charge in [0.05, 0.1) is 11.7 Å². The summed E-state index contributed by atoms with van der Waals surface area (Å²) in [5.74, 6) is 0.570. The minimum Gasteiger partial charge on any atom is -0.445 e. The van der Waals surface area contributed by atoms with Gasteiger partial charge in [0.1, 0.15) is 24.3 Å². The largest absolute Gasteiger partial charge is 0.445 e. The minimum atomic E-state index is -2.90. The van der Waals surface area contributed by atoms with Gasteiger partial charge in [0, 0.05) is 57.3 Å². The van der Waals surface area contributed by atoms with Crippen molar-refractivity contribution in [1.82, 2.24) is 30.0 Å². The number of ether oxygens (including phenoxy) is 3. The molecule has 2 N–H and O–H groups in total. The number of amides is 3. The molecule has 0 unspecified atom stereocenters. The van der Waals surface area contributed by atoms with E-state index in [1.54, 1.807) is 37.6 Å². The van der Waals surface area contributed by atoms with Gasteiger partial charge in [0.2, 0.25) is 5.89 Å². The Balaban J connectivity index is 0.917. The number of alkyl carbamates (subject to hydrolysis) is 1. The molecule has 2 aliphatic rings. The zero-order valence-corrected chi connectivity index (χ0v) is 35.5. The lowest BCUT2D eigenvalue weighted by Crippen LogP contribution is -2.38. The summed E-state index contributed by atoms with van der Waals surface area (Å²) < 4.78 is 52.2. The molecule has 2 aliphatic carbocycles. The molecule has 0 atom stereocenters. The standard InChI is InChI=1S/C44H58F2N8O7/c1-44(2,3)61-43(57)53(26-31-12-13-31)37-24-33(18-20-47-37)41-50-36(29-59-41)40(55)49-35-27-54(51-38(35)39(45)46)34-16-14-30(15-17-34)25-52(4)21-9-23-58-22-8-19-48-42(56)60-28-32-10-6-5-7-11-32/h5-7,10-11,18,20,24,27,29-31,34,39H,8-9,12-17,19,21-23,25-26,28H2,1-4H3,(H,48,56)(H,49,55). The lowest BCUT2D eigenvalue weighted by Gasteiger charge is -2.31. The van der Waals surface area contributed by atoms with Crippen molar-refractivity contribution in [3.05, 3.63) is 78.1 Å². The lowest BCUT2D eigenvalue weighted by molar-refractivity contribution is 0.0577. The number of alkyl halides is 2. The van der Waals surface area contributed by atoms with Crippen LogP contribution in [0, 0.1) is 11.8 Å². The molecule has 3 aromatic heterocycles. The number of hydrogen-bond acceptors (Lipinski definition) is 11. The predicted molar refractivity (Wildman–Crippen MR) is 224 cm³/mol. The molecule has 4 aromatic rings. The van der Waals surface area contributed by atoms with Crippen LogP contribution in [0.25, 0.3) is 11.5 Å². The van der Waals surface area contributed by atoms with Crippen molar-refractivity contribution in [1.29, 1.82) is 0 Å². The highest BCUT2D eigenvalue weighted by atomic mass is 19.3. The molecule has 2 saturated carbocycles. The summed E-state index contributed by atoms with van der Waals surface area (Å²) in [6, 6.07) is 12.7. The topological polar surface area (TPSA) is 166 Å². The van der Waals surface area contributed by atoms with E-state index in [1.807, 2.05) is 30.3 Å². The van der Waals surface area contributed by atoms with Gasteiger partial charge in [-0.15, -0.1) is 0 Å². The molecule has 330 valence electrons. The Labute approximate surface area is 355 Å². The van der Waals surface area contributed by atoms with Crippen LogP contribution < -0.4 is 15.5 Å². The summed E-state index contributed by atoms with van der Waals surface area (Å²) in [5, 5.41) is 9.53. The maximum atomic E-state index is 14.2. The summed E-state index contributed by atoms with van der Waals surface area (Å²) in [4.78, 5) is 50.8. The maximum Gasteiger partial charge on any atom is 0.416 e. The lowest BCUT2D eigenvalue weighted by atomic mass is 9.86. The van der Waals surface area contributed by atoms with E-state index in [1.165, 1.54) is 17.3 Å². The number of nitrogens with zero attached hydrogens (tertiary/aromatic N) is 6. The van der Waals surface area contributed by atoms with Crippen LogP contribution in [0.5, 0.6) is 0 Å². The van der Waals surface area contributed by atoms with Gasteiger partial charge < -0.3 is 34.2 Å². The van der Waals surface area contributed by atoms with Gasteiger partial charge >= 0.3 is 12.2 Å². The molecule has 6 rings (SSSR count). The van der Waals surface area contributed by atoms with Crippen molar-refractivity contribution in [2.24, 2.45) is 11.8 Å². The molecule has 1 aromatic carbocycles. The van der Waals surface area contributed by atoms with Gasteiger partial charge in [-0.25, -0.2) is 28.3 Å². The second-order valence-corrected chi connectivity index (χ2v) is 16.9. The Kier molecular flexibility index (Phi) is 15.8. The Morgan fingerprint density at radius 1 is 0.984 bits per heavy atom. The number of oxazole rings is 1. The van der Waals surface area contributed by atoms with Crippen LogP contribution in [0.1, 0.15) is 106 Å². The van der Waals surface area contributed by atoms with Crippen molar-refractivity contribution in [2.75, 3.05) is 56.7 Å². The van der Waals surface area contributed by atoms with E-state index >= 15 is 0 Å². The fourth-order valence-corrected chi connectivity index (χ4v) is 7.18. The van der Waals surface area contributed by atoms with Crippen molar-refractivity contribution in [2.45, 2.75) is 96.8 Å². The van der Waals surface area contributed by atoms with Gasteiger partial charge in [0.25, 0.3) is 12.3 Å². The van der Waals surface area contributed by atoms with Crippen LogP contribution in [0.4, 0.5) is 29.9 Å². The zero-order valence-electron chi connectivity index (χ0n) is 35.5. The Morgan fingerprint density at radius 2 is 1.70 bits per heavy atom. The summed E-state index contributed by atoms with van der Waals surface area (Å²) in [5.41, 5.74) is 0.0307. The second kappa shape index (κ2) is 21.4. The predicted octanol–water partition coefficient (Wildman–Crippen LogP) is 8.66. The quantitative estimate of drug-likeness (QED) is 0.0818. The highest BCUT2D eigenvalue weighted by molar-refractivity contribution is 6.03. The van der Waals surface area contributed by atoms with Gasteiger partial charge in [-0.1, -0.05) is 30.3 Å². The van der Waals surface area contributed by atoms with Crippen LogP contribution in [0.2, 0.25) is 0 Å². The summed E-state index contributed by atoms with van der Waals surface area (Å²) in [6.45, 7) is 9.55. The first-order chi connectivity index (χ1) is 29.3.